The third kappa shape index (κ3) is 3.73. The van der Waals surface area contributed by atoms with Gasteiger partial charge in [0.15, 0.2) is 0 Å². The molecule has 2 amide bonds. The largest absolute Gasteiger partial charge is 0.353 e. The summed E-state index contributed by atoms with van der Waals surface area (Å²) >= 11 is 1.59. The number of benzene rings is 1. The van der Waals surface area contributed by atoms with Gasteiger partial charge in [-0.25, -0.2) is 0 Å². The molecule has 1 atom stereocenters. The van der Waals surface area contributed by atoms with Crippen molar-refractivity contribution in [3.63, 3.8) is 0 Å². The van der Waals surface area contributed by atoms with E-state index in [9.17, 15) is 9.59 Å². The molecule has 1 aromatic carbocycles. The molecule has 1 heterocycles. The fourth-order valence-corrected chi connectivity index (χ4v) is 2.91. The summed E-state index contributed by atoms with van der Waals surface area (Å²) < 4.78 is 0. The Kier molecular flexibility index (Phi) is 4.85. The summed E-state index contributed by atoms with van der Waals surface area (Å²) in [5.41, 5.74) is 1.21. The van der Waals surface area contributed by atoms with Gasteiger partial charge in [-0.1, -0.05) is 30.3 Å². The number of hydrogen-bond donors (Lipinski definition) is 1. The van der Waals surface area contributed by atoms with Crippen LogP contribution in [0.1, 0.15) is 12.5 Å². The van der Waals surface area contributed by atoms with Crippen LogP contribution in [-0.2, 0) is 15.3 Å². The molecule has 0 aliphatic carbocycles. The maximum absolute atomic E-state index is 12.1. The monoisotopic (exact) mass is 278 g/mol. The average molecular weight is 278 g/mol. The predicted octanol–water partition coefficient (Wildman–Crippen LogP) is 1.27. The van der Waals surface area contributed by atoms with E-state index in [2.05, 4.69) is 17.4 Å². The lowest BCUT2D eigenvalue weighted by molar-refractivity contribution is -0.140. The lowest BCUT2D eigenvalue weighted by Gasteiger charge is -2.32. The molecule has 1 aliphatic rings. The van der Waals surface area contributed by atoms with Crippen molar-refractivity contribution in [3.8, 4) is 0 Å². The molecule has 1 fully saturated rings. The van der Waals surface area contributed by atoms with E-state index in [1.165, 1.54) is 5.56 Å². The first-order valence-electron chi connectivity index (χ1n) is 6.37. The van der Waals surface area contributed by atoms with Gasteiger partial charge in [0, 0.05) is 18.8 Å². The molecule has 1 aliphatic heterocycles. The van der Waals surface area contributed by atoms with Crippen LogP contribution in [-0.4, -0.2) is 41.6 Å². The van der Waals surface area contributed by atoms with Gasteiger partial charge in [-0.05, 0) is 12.5 Å². The van der Waals surface area contributed by atoms with Crippen LogP contribution in [0.2, 0.25) is 0 Å². The molecule has 0 spiro atoms. The highest BCUT2D eigenvalue weighted by atomic mass is 32.2. The first-order chi connectivity index (χ1) is 9.18. The number of hydrogen-bond acceptors (Lipinski definition) is 3. The number of amides is 2. The smallest absolute Gasteiger partial charge is 0.242 e. The van der Waals surface area contributed by atoms with E-state index in [1.54, 1.807) is 23.6 Å². The van der Waals surface area contributed by atoms with Gasteiger partial charge in [0.1, 0.15) is 6.04 Å². The van der Waals surface area contributed by atoms with Crippen LogP contribution in [0.3, 0.4) is 0 Å². The number of piperazine rings is 1. The molecule has 4 nitrogen and oxygen atoms in total. The first-order valence-corrected chi connectivity index (χ1v) is 7.53. The molecule has 1 unspecified atom stereocenters. The topological polar surface area (TPSA) is 49.4 Å². The Bertz CT molecular complexity index is 450. The molecule has 2 rings (SSSR count). The number of nitrogens with zero attached hydrogens (tertiary/aromatic N) is 1. The van der Waals surface area contributed by atoms with Gasteiger partial charge in [-0.15, -0.1) is 11.8 Å². The summed E-state index contributed by atoms with van der Waals surface area (Å²) in [4.78, 5) is 25.2. The van der Waals surface area contributed by atoms with Gasteiger partial charge in [0.25, 0.3) is 0 Å². The number of rotatable bonds is 4. The van der Waals surface area contributed by atoms with Crippen molar-refractivity contribution in [1.29, 1.82) is 0 Å². The summed E-state index contributed by atoms with van der Waals surface area (Å²) in [6.07, 6.45) is 0. The van der Waals surface area contributed by atoms with Crippen LogP contribution in [0.5, 0.6) is 0 Å². The molecule has 0 bridgehead atoms. The predicted molar refractivity (Wildman–Crippen MR) is 76.8 cm³/mol. The van der Waals surface area contributed by atoms with Gasteiger partial charge in [-0.2, -0.15) is 0 Å². The molecular weight excluding hydrogens is 260 g/mol. The number of carbonyl (C=O) groups excluding carboxylic acids is 2. The normalized spacial score (nSPS) is 19.1. The SMILES string of the molecule is CC1C(=O)NCCN1C(=O)CSCc1ccccc1. The van der Waals surface area contributed by atoms with Gasteiger partial charge in [-0.3, -0.25) is 9.59 Å². The lowest BCUT2D eigenvalue weighted by atomic mass is 10.2. The maximum atomic E-state index is 12.1. The van der Waals surface area contributed by atoms with Gasteiger partial charge in [0.05, 0.1) is 5.75 Å². The van der Waals surface area contributed by atoms with Crippen molar-refractivity contribution < 1.29 is 9.59 Å². The standard InChI is InChI=1S/C14H18N2O2S/c1-11-14(18)15-7-8-16(11)13(17)10-19-9-12-5-3-2-4-6-12/h2-6,11H,7-10H2,1H3,(H,15,18). The van der Waals surface area contributed by atoms with Crippen molar-refractivity contribution >= 4 is 23.6 Å². The highest BCUT2D eigenvalue weighted by Gasteiger charge is 2.28. The Morgan fingerprint density at radius 1 is 1.42 bits per heavy atom. The van der Waals surface area contributed by atoms with Crippen LogP contribution in [0.25, 0.3) is 0 Å². The average Bonchev–Trinajstić information content (AvgIpc) is 2.43. The Morgan fingerprint density at radius 3 is 2.89 bits per heavy atom. The molecule has 102 valence electrons. The number of carbonyl (C=O) groups is 2. The van der Waals surface area contributed by atoms with E-state index in [0.717, 1.165) is 5.75 Å². The fraction of sp³-hybridized carbons (Fsp3) is 0.429. The summed E-state index contributed by atoms with van der Waals surface area (Å²) in [6.45, 7) is 2.93. The molecule has 1 N–H and O–H groups in total. The minimum atomic E-state index is -0.349. The van der Waals surface area contributed by atoms with E-state index in [1.807, 2.05) is 18.2 Å². The Hall–Kier alpha value is -1.49. The Balaban J connectivity index is 1.79. The second kappa shape index (κ2) is 6.61. The fourth-order valence-electron chi connectivity index (χ4n) is 2.04. The third-order valence-electron chi connectivity index (χ3n) is 3.16. The van der Waals surface area contributed by atoms with Crippen molar-refractivity contribution in [2.45, 2.75) is 18.7 Å². The molecule has 0 aromatic heterocycles. The molecule has 0 radical (unpaired) electrons. The first kappa shape index (κ1) is 13.9. The second-order valence-corrected chi connectivity index (χ2v) is 5.52. The van der Waals surface area contributed by atoms with Crippen LogP contribution in [0.4, 0.5) is 0 Å². The van der Waals surface area contributed by atoms with E-state index in [4.69, 9.17) is 0 Å². The summed E-state index contributed by atoms with van der Waals surface area (Å²) in [5.74, 6) is 1.23. The van der Waals surface area contributed by atoms with E-state index >= 15 is 0 Å². The van der Waals surface area contributed by atoms with Crippen molar-refractivity contribution in [3.05, 3.63) is 35.9 Å². The minimum Gasteiger partial charge on any atom is -0.353 e. The van der Waals surface area contributed by atoms with Gasteiger partial charge < -0.3 is 10.2 Å². The van der Waals surface area contributed by atoms with Gasteiger partial charge >= 0.3 is 0 Å². The molecule has 1 saturated heterocycles. The molecule has 1 aromatic rings. The van der Waals surface area contributed by atoms with Crippen LogP contribution >= 0.6 is 11.8 Å². The Morgan fingerprint density at radius 2 is 2.16 bits per heavy atom. The number of nitrogens with one attached hydrogen (secondary N) is 1. The zero-order valence-electron chi connectivity index (χ0n) is 11.0. The Labute approximate surface area is 117 Å². The molecule has 5 heteroatoms. The highest BCUT2D eigenvalue weighted by Crippen LogP contribution is 2.14. The summed E-state index contributed by atoms with van der Waals surface area (Å²) in [7, 11) is 0. The third-order valence-corrected chi connectivity index (χ3v) is 4.14. The van der Waals surface area contributed by atoms with Gasteiger partial charge in [0.2, 0.25) is 11.8 Å². The van der Waals surface area contributed by atoms with Crippen molar-refractivity contribution in [2.75, 3.05) is 18.8 Å². The van der Waals surface area contributed by atoms with Crippen LogP contribution in [0.15, 0.2) is 30.3 Å². The van der Waals surface area contributed by atoms with Crippen molar-refractivity contribution in [1.82, 2.24) is 10.2 Å². The van der Waals surface area contributed by atoms with E-state index < -0.39 is 0 Å². The molecule has 19 heavy (non-hydrogen) atoms. The molecular formula is C14H18N2O2S. The lowest BCUT2D eigenvalue weighted by Crippen LogP contribution is -2.56. The minimum absolute atomic E-state index is 0.0447. The summed E-state index contributed by atoms with van der Waals surface area (Å²) in [6, 6.07) is 9.72. The quantitative estimate of drug-likeness (QED) is 0.902. The summed E-state index contributed by atoms with van der Waals surface area (Å²) in [5, 5.41) is 2.76. The second-order valence-electron chi connectivity index (χ2n) is 4.53. The van der Waals surface area contributed by atoms with Crippen LogP contribution in [0, 0.1) is 0 Å². The van der Waals surface area contributed by atoms with E-state index in [-0.39, 0.29) is 17.9 Å². The van der Waals surface area contributed by atoms with Crippen molar-refractivity contribution in [2.24, 2.45) is 0 Å². The van der Waals surface area contributed by atoms with Crippen LogP contribution < -0.4 is 5.32 Å². The van der Waals surface area contributed by atoms with E-state index in [0.29, 0.717) is 18.8 Å². The highest BCUT2D eigenvalue weighted by molar-refractivity contribution is 7.99. The zero-order valence-corrected chi connectivity index (χ0v) is 11.8. The number of thioether (sulfide) groups is 1. The molecule has 0 saturated carbocycles. The maximum Gasteiger partial charge on any atom is 0.242 e. The zero-order chi connectivity index (χ0) is 13.7.